The number of nitrogens with zero attached hydrogens (tertiary/aromatic N) is 4. The largest absolute Gasteiger partial charge is 0.456 e. The standard InChI is InChI=1S/C39H43FN6O6/c1-39(2,3)52-38(49)42-23-10-13-45(21-23)34-28(40)18-26-33-36(34)51-32-19-25-24-8-5-6-9-30(24)50-31(25)20-29(32)46(33)22-27(35(26)47)37(48)41-11-7-12-44-16-14-43(4)15-17-44/h5-6,8-9,18-20,22-23H,7,10-17,21H2,1-4H3,(H,41,48)(H,42,49). The molecule has 2 saturated heterocycles. The molecule has 5 aromatic rings. The van der Waals surface area contributed by atoms with Crippen LogP contribution in [-0.4, -0.2) is 97.4 Å². The number of anilines is 1. The van der Waals surface area contributed by atoms with Crippen LogP contribution in [0, 0.1) is 5.82 Å². The van der Waals surface area contributed by atoms with E-state index in [1.54, 1.807) is 25.3 Å². The SMILES string of the molecule is CN1CCN(CCCNC(=O)c2cn3c4c(c(N5CCC(NC(=O)OC(C)(C)C)C5)c(F)cc4c2=O)Oc2cc4c(cc2-3)oc2ccccc24)CC1. The Morgan fingerprint density at radius 1 is 1.00 bits per heavy atom. The molecule has 8 rings (SSSR count). The Labute approximate surface area is 300 Å². The van der Waals surface area contributed by atoms with Gasteiger partial charge in [-0.1, -0.05) is 18.2 Å². The van der Waals surface area contributed by atoms with Crippen LogP contribution in [0.25, 0.3) is 38.5 Å². The molecule has 0 saturated carbocycles. The van der Waals surface area contributed by atoms with E-state index in [1.807, 2.05) is 41.3 Å². The highest BCUT2D eigenvalue weighted by Crippen LogP contribution is 2.49. The van der Waals surface area contributed by atoms with Crippen LogP contribution in [0.1, 0.15) is 44.0 Å². The lowest BCUT2D eigenvalue weighted by molar-refractivity contribution is 0.0508. The number of furan rings is 1. The Bertz CT molecular complexity index is 2290. The van der Waals surface area contributed by atoms with Crippen molar-refractivity contribution in [2.24, 2.45) is 0 Å². The summed E-state index contributed by atoms with van der Waals surface area (Å²) in [6.45, 7) is 11.3. The number of carbonyl (C=O) groups is 2. The van der Waals surface area contributed by atoms with Crippen LogP contribution in [0.2, 0.25) is 0 Å². The summed E-state index contributed by atoms with van der Waals surface area (Å²) < 4.78 is 36.4. The van der Waals surface area contributed by atoms with E-state index in [0.717, 1.165) is 49.9 Å². The van der Waals surface area contributed by atoms with Gasteiger partial charge in [0.15, 0.2) is 17.3 Å². The highest BCUT2D eigenvalue weighted by atomic mass is 19.1. The van der Waals surface area contributed by atoms with Gasteiger partial charge in [-0.3, -0.25) is 9.59 Å². The molecule has 5 heterocycles. The van der Waals surface area contributed by atoms with Gasteiger partial charge in [-0.25, -0.2) is 9.18 Å². The molecule has 12 nitrogen and oxygen atoms in total. The van der Waals surface area contributed by atoms with Crippen molar-refractivity contribution in [3.63, 3.8) is 0 Å². The Morgan fingerprint density at radius 2 is 1.79 bits per heavy atom. The van der Waals surface area contributed by atoms with Crippen LogP contribution in [0.15, 0.2) is 57.9 Å². The number of rotatable bonds is 7. The number of carbonyl (C=O) groups excluding carboxylic acids is 2. The number of pyridine rings is 1. The summed E-state index contributed by atoms with van der Waals surface area (Å²) in [6, 6.07) is 12.2. The number of amides is 2. The summed E-state index contributed by atoms with van der Waals surface area (Å²) in [5.41, 5.74) is 1.05. The van der Waals surface area contributed by atoms with Gasteiger partial charge in [-0.2, -0.15) is 0 Å². The number of fused-ring (bicyclic) bond motifs is 5. The van der Waals surface area contributed by atoms with E-state index in [4.69, 9.17) is 13.9 Å². The second kappa shape index (κ2) is 13.1. The minimum atomic E-state index is -0.660. The molecule has 1 unspecified atom stereocenters. The quantitative estimate of drug-likeness (QED) is 0.204. The molecule has 3 aliphatic heterocycles. The van der Waals surface area contributed by atoms with E-state index in [9.17, 15) is 14.4 Å². The lowest BCUT2D eigenvalue weighted by Gasteiger charge is -2.32. The molecule has 52 heavy (non-hydrogen) atoms. The summed E-state index contributed by atoms with van der Waals surface area (Å²) in [4.78, 5) is 46.7. The molecule has 1 atom stereocenters. The number of halogens is 1. The lowest BCUT2D eigenvalue weighted by atomic mass is 10.0. The molecule has 2 N–H and O–H groups in total. The van der Waals surface area contributed by atoms with E-state index < -0.39 is 28.8 Å². The van der Waals surface area contributed by atoms with E-state index in [-0.39, 0.29) is 28.4 Å². The normalized spacial score (nSPS) is 17.8. The number of para-hydroxylation sites is 1. The summed E-state index contributed by atoms with van der Waals surface area (Å²) in [5, 5.41) is 7.56. The van der Waals surface area contributed by atoms with Gasteiger partial charge >= 0.3 is 6.09 Å². The molecular weight excluding hydrogens is 667 g/mol. The average molecular weight is 711 g/mol. The zero-order valence-corrected chi connectivity index (χ0v) is 29.9. The molecule has 2 fully saturated rings. The Hall–Kier alpha value is -5.14. The number of piperazine rings is 1. The van der Waals surface area contributed by atoms with Crippen molar-refractivity contribution in [3.8, 4) is 17.2 Å². The van der Waals surface area contributed by atoms with Crippen LogP contribution in [0.3, 0.4) is 0 Å². The second-order valence-electron chi connectivity index (χ2n) is 15.0. The van der Waals surface area contributed by atoms with E-state index in [2.05, 4.69) is 27.5 Å². The van der Waals surface area contributed by atoms with Crippen LogP contribution >= 0.6 is 0 Å². The van der Waals surface area contributed by atoms with Crippen molar-refractivity contribution in [2.45, 2.75) is 45.3 Å². The molecule has 0 aliphatic carbocycles. The number of benzene rings is 3. The van der Waals surface area contributed by atoms with Crippen molar-refractivity contribution in [1.29, 1.82) is 0 Å². The fraction of sp³-hybridized carbons (Fsp3) is 0.410. The number of ether oxygens (including phenoxy) is 2. The molecule has 0 radical (unpaired) electrons. The Morgan fingerprint density at radius 3 is 2.58 bits per heavy atom. The van der Waals surface area contributed by atoms with Gasteiger partial charge in [0.05, 0.1) is 17.1 Å². The van der Waals surface area contributed by atoms with Crippen molar-refractivity contribution < 1.29 is 27.9 Å². The first kappa shape index (κ1) is 34.0. The molecule has 2 aromatic heterocycles. The molecule has 272 valence electrons. The van der Waals surface area contributed by atoms with Crippen molar-refractivity contribution in [2.75, 3.05) is 64.3 Å². The number of aromatic nitrogens is 1. The molecule has 3 aliphatic rings. The third-order valence-corrected chi connectivity index (χ3v) is 10.1. The summed E-state index contributed by atoms with van der Waals surface area (Å²) in [7, 11) is 2.11. The molecular formula is C39H43FN6O6. The fourth-order valence-corrected chi connectivity index (χ4v) is 7.51. The first-order chi connectivity index (χ1) is 24.9. The first-order valence-corrected chi connectivity index (χ1v) is 17.9. The maximum absolute atomic E-state index is 16.4. The molecule has 0 bridgehead atoms. The highest BCUT2D eigenvalue weighted by molar-refractivity contribution is 6.07. The predicted molar refractivity (Wildman–Crippen MR) is 198 cm³/mol. The third-order valence-electron chi connectivity index (χ3n) is 10.1. The van der Waals surface area contributed by atoms with Crippen molar-refractivity contribution in [3.05, 3.63) is 70.3 Å². The van der Waals surface area contributed by atoms with Gasteiger partial charge in [0.1, 0.15) is 33.5 Å². The average Bonchev–Trinajstić information content (AvgIpc) is 3.70. The van der Waals surface area contributed by atoms with Crippen LogP contribution in [0.5, 0.6) is 11.5 Å². The predicted octanol–water partition coefficient (Wildman–Crippen LogP) is 5.61. The van der Waals surface area contributed by atoms with E-state index in [1.165, 1.54) is 12.3 Å². The maximum atomic E-state index is 16.4. The maximum Gasteiger partial charge on any atom is 0.407 e. The number of alkyl carbamates (subject to hydrolysis) is 1. The molecule has 3 aromatic carbocycles. The monoisotopic (exact) mass is 710 g/mol. The van der Waals surface area contributed by atoms with Gasteiger partial charge in [0.25, 0.3) is 5.91 Å². The molecule has 13 heteroatoms. The third kappa shape index (κ3) is 6.32. The first-order valence-electron chi connectivity index (χ1n) is 17.9. The zero-order valence-electron chi connectivity index (χ0n) is 29.9. The molecule has 2 amide bonds. The van der Waals surface area contributed by atoms with Gasteiger partial charge < -0.3 is 43.8 Å². The minimum Gasteiger partial charge on any atom is -0.456 e. The number of hydrogen-bond donors (Lipinski definition) is 2. The highest BCUT2D eigenvalue weighted by Gasteiger charge is 2.35. The van der Waals surface area contributed by atoms with Gasteiger partial charge in [-0.05, 0) is 65.4 Å². The second-order valence-corrected chi connectivity index (χ2v) is 15.0. The lowest BCUT2D eigenvalue weighted by Crippen LogP contribution is -2.45. The smallest absolute Gasteiger partial charge is 0.407 e. The summed E-state index contributed by atoms with van der Waals surface area (Å²) >= 11 is 0. The molecule has 0 spiro atoms. The van der Waals surface area contributed by atoms with E-state index in [0.29, 0.717) is 54.2 Å². The Balaban J connectivity index is 1.17. The number of likely N-dealkylation sites (N-methyl/N-ethyl adjacent to an activating group) is 1. The van der Waals surface area contributed by atoms with Gasteiger partial charge in [-0.15, -0.1) is 0 Å². The Kier molecular flexibility index (Phi) is 8.57. The van der Waals surface area contributed by atoms with Crippen LogP contribution in [0.4, 0.5) is 14.9 Å². The number of nitrogens with one attached hydrogen (secondary N) is 2. The summed E-state index contributed by atoms with van der Waals surface area (Å²) in [5.74, 6) is -0.589. The van der Waals surface area contributed by atoms with Crippen molar-refractivity contribution in [1.82, 2.24) is 25.0 Å². The fourth-order valence-electron chi connectivity index (χ4n) is 7.51. The zero-order chi connectivity index (χ0) is 36.3. The topological polar surface area (TPSA) is 122 Å². The summed E-state index contributed by atoms with van der Waals surface area (Å²) in [6.07, 6.45) is 2.27. The van der Waals surface area contributed by atoms with Crippen LogP contribution in [-0.2, 0) is 4.74 Å². The minimum absolute atomic E-state index is 0.0271. The van der Waals surface area contributed by atoms with Gasteiger partial charge in [0, 0.05) is 68.8 Å². The van der Waals surface area contributed by atoms with Gasteiger partial charge in [0.2, 0.25) is 5.43 Å². The van der Waals surface area contributed by atoms with E-state index >= 15 is 4.39 Å². The number of hydrogen-bond acceptors (Lipinski definition) is 9. The van der Waals surface area contributed by atoms with Crippen molar-refractivity contribution >= 4 is 50.5 Å². The van der Waals surface area contributed by atoms with Crippen LogP contribution < -0.4 is 25.7 Å².